The molecular formula is C15H29NO3. The molecule has 0 heterocycles. The van der Waals surface area contributed by atoms with Crippen LogP contribution in [0.15, 0.2) is 0 Å². The average Bonchev–Trinajstić information content (AvgIpc) is 3.26. The van der Waals surface area contributed by atoms with Crippen LogP contribution in [0.25, 0.3) is 0 Å². The van der Waals surface area contributed by atoms with Crippen molar-refractivity contribution in [2.45, 2.75) is 57.9 Å². The van der Waals surface area contributed by atoms with E-state index in [9.17, 15) is 4.79 Å². The summed E-state index contributed by atoms with van der Waals surface area (Å²) in [7, 11) is 1.39. The number of unbranched alkanes of at least 4 members (excludes halogenated alkanes) is 1. The molecular weight excluding hydrogens is 242 g/mol. The lowest BCUT2D eigenvalue weighted by Gasteiger charge is -2.27. The minimum absolute atomic E-state index is 0.232. The molecule has 0 aromatic carbocycles. The minimum atomic E-state index is -0.933. The number of rotatable bonds is 10. The topological polar surface area (TPSA) is 61.5 Å². The highest BCUT2D eigenvalue weighted by molar-refractivity contribution is 5.81. The molecule has 2 unspecified atom stereocenters. The van der Waals surface area contributed by atoms with Gasteiger partial charge >= 0.3 is 5.97 Å². The van der Waals surface area contributed by atoms with Gasteiger partial charge in [-0.3, -0.25) is 0 Å². The van der Waals surface area contributed by atoms with Gasteiger partial charge in [0.2, 0.25) is 0 Å². The van der Waals surface area contributed by atoms with Crippen molar-refractivity contribution in [2.24, 2.45) is 17.6 Å². The predicted octanol–water partition coefficient (Wildman–Crippen LogP) is 2.50. The van der Waals surface area contributed by atoms with E-state index in [-0.39, 0.29) is 18.5 Å². The third-order valence-corrected chi connectivity index (χ3v) is 4.11. The summed E-state index contributed by atoms with van der Waals surface area (Å²) in [5.74, 6) is 0.466. The van der Waals surface area contributed by atoms with E-state index >= 15 is 0 Å². The van der Waals surface area contributed by atoms with Gasteiger partial charge in [0, 0.05) is 6.61 Å². The Morgan fingerprint density at radius 1 is 1.42 bits per heavy atom. The number of hydrogen-bond donors (Lipinski definition) is 1. The van der Waals surface area contributed by atoms with Crippen LogP contribution in [0.3, 0.4) is 0 Å². The van der Waals surface area contributed by atoms with Crippen LogP contribution in [-0.2, 0) is 14.3 Å². The number of carbonyl (C=O) groups is 1. The summed E-state index contributed by atoms with van der Waals surface area (Å²) in [6.45, 7) is 5.36. The lowest BCUT2D eigenvalue weighted by molar-refractivity contribution is -0.151. The Morgan fingerprint density at radius 3 is 2.58 bits per heavy atom. The number of ether oxygens (including phenoxy) is 2. The fourth-order valence-electron chi connectivity index (χ4n) is 2.42. The van der Waals surface area contributed by atoms with E-state index in [4.69, 9.17) is 15.2 Å². The second kappa shape index (κ2) is 7.85. The smallest absolute Gasteiger partial charge is 0.328 e. The van der Waals surface area contributed by atoms with Crippen molar-refractivity contribution < 1.29 is 14.3 Å². The Morgan fingerprint density at radius 2 is 2.11 bits per heavy atom. The Labute approximate surface area is 117 Å². The first-order chi connectivity index (χ1) is 9.08. The van der Waals surface area contributed by atoms with Crippen LogP contribution in [0.5, 0.6) is 0 Å². The molecule has 0 radical (unpaired) electrons. The molecule has 1 rings (SSSR count). The molecule has 0 saturated heterocycles. The van der Waals surface area contributed by atoms with Crippen molar-refractivity contribution in [1.82, 2.24) is 0 Å². The van der Waals surface area contributed by atoms with Gasteiger partial charge in [0.15, 0.2) is 0 Å². The monoisotopic (exact) mass is 271 g/mol. The zero-order valence-electron chi connectivity index (χ0n) is 12.6. The molecule has 2 N–H and O–H groups in total. The van der Waals surface area contributed by atoms with Crippen LogP contribution in [-0.4, -0.2) is 31.8 Å². The SMILES string of the molecule is CCCCC(CC)COCC(N)(C(=O)OC)C1CC1. The fourth-order valence-corrected chi connectivity index (χ4v) is 2.42. The summed E-state index contributed by atoms with van der Waals surface area (Å²) in [6.07, 6.45) is 6.74. The van der Waals surface area contributed by atoms with E-state index in [1.165, 1.54) is 26.4 Å². The molecule has 0 aromatic heterocycles. The van der Waals surface area contributed by atoms with Crippen molar-refractivity contribution in [3.63, 3.8) is 0 Å². The highest BCUT2D eigenvalue weighted by Gasteiger charge is 2.49. The molecule has 1 aliphatic rings. The number of hydrogen-bond acceptors (Lipinski definition) is 4. The molecule has 1 fully saturated rings. The molecule has 0 aliphatic heterocycles. The van der Waals surface area contributed by atoms with Gasteiger partial charge in [-0.15, -0.1) is 0 Å². The van der Waals surface area contributed by atoms with Gasteiger partial charge in [0.1, 0.15) is 5.54 Å². The van der Waals surface area contributed by atoms with Gasteiger partial charge in [0.25, 0.3) is 0 Å². The fraction of sp³-hybridized carbons (Fsp3) is 0.933. The molecule has 0 spiro atoms. The third kappa shape index (κ3) is 4.77. The van der Waals surface area contributed by atoms with Gasteiger partial charge in [0.05, 0.1) is 13.7 Å². The standard InChI is InChI=1S/C15H29NO3/c1-4-6-7-12(5-2)10-19-11-15(16,13-8-9-13)14(17)18-3/h12-13H,4-11,16H2,1-3H3. The zero-order chi connectivity index (χ0) is 14.3. The molecule has 4 heteroatoms. The van der Waals surface area contributed by atoms with Crippen LogP contribution in [0, 0.1) is 11.8 Å². The van der Waals surface area contributed by atoms with Crippen molar-refractivity contribution in [3.05, 3.63) is 0 Å². The maximum Gasteiger partial charge on any atom is 0.328 e. The van der Waals surface area contributed by atoms with Crippen LogP contribution < -0.4 is 5.73 Å². The first-order valence-corrected chi connectivity index (χ1v) is 7.53. The Balaban J connectivity index is 2.37. The van der Waals surface area contributed by atoms with Gasteiger partial charge < -0.3 is 15.2 Å². The summed E-state index contributed by atoms with van der Waals surface area (Å²) in [5, 5.41) is 0. The Kier molecular flexibility index (Phi) is 6.80. The van der Waals surface area contributed by atoms with E-state index in [2.05, 4.69) is 13.8 Å². The Bertz CT molecular complexity index is 279. The van der Waals surface area contributed by atoms with Crippen molar-refractivity contribution >= 4 is 5.97 Å². The number of esters is 1. The lowest BCUT2D eigenvalue weighted by Crippen LogP contribution is -2.54. The van der Waals surface area contributed by atoms with E-state index < -0.39 is 5.54 Å². The number of carbonyl (C=O) groups excluding carboxylic acids is 1. The first-order valence-electron chi connectivity index (χ1n) is 7.53. The summed E-state index contributed by atoms with van der Waals surface area (Å²) in [5.41, 5.74) is 5.25. The summed E-state index contributed by atoms with van der Waals surface area (Å²) in [4.78, 5) is 11.8. The normalized spacial score (nSPS) is 19.8. The van der Waals surface area contributed by atoms with Crippen LogP contribution in [0.4, 0.5) is 0 Å². The lowest BCUT2D eigenvalue weighted by atomic mass is 9.95. The largest absolute Gasteiger partial charge is 0.468 e. The van der Waals surface area contributed by atoms with Gasteiger partial charge in [-0.2, -0.15) is 0 Å². The number of methoxy groups -OCH3 is 1. The second-order valence-electron chi connectivity index (χ2n) is 5.74. The van der Waals surface area contributed by atoms with Gasteiger partial charge in [-0.1, -0.05) is 33.1 Å². The highest BCUT2D eigenvalue weighted by Crippen LogP contribution is 2.39. The maximum atomic E-state index is 11.8. The molecule has 2 atom stereocenters. The van der Waals surface area contributed by atoms with Crippen molar-refractivity contribution in [1.29, 1.82) is 0 Å². The molecule has 19 heavy (non-hydrogen) atoms. The molecule has 0 amide bonds. The number of nitrogens with two attached hydrogens (primary N) is 1. The van der Waals surface area contributed by atoms with Crippen molar-refractivity contribution in [3.8, 4) is 0 Å². The second-order valence-corrected chi connectivity index (χ2v) is 5.74. The van der Waals surface area contributed by atoms with E-state index in [1.54, 1.807) is 0 Å². The summed E-state index contributed by atoms with van der Waals surface area (Å²) >= 11 is 0. The zero-order valence-corrected chi connectivity index (χ0v) is 12.6. The van der Waals surface area contributed by atoms with E-state index in [0.717, 1.165) is 19.3 Å². The molecule has 1 saturated carbocycles. The first kappa shape index (κ1) is 16.4. The van der Waals surface area contributed by atoms with Gasteiger partial charge in [-0.05, 0) is 31.1 Å². The van der Waals surface area contributed by atoms with E-state index in [0.29, 0.717) is 12.5 Å². The Hall–Kier alpha value is -0.610. The summed E-state index contributed by atoms with van der Waals surface area (Å²) in [6, 6.07) is 0. The van der Waals surface area contributed by atoms with Crippen molar-refractivity contribution in [2.75, 3.05) is 20.3 Å². The van der Waals surface area contributed by atoms with Crippen LogP contribution >= 0.6 is 0 Å². The highest BCUT2D eigenvalue weighted by atomic mass is 16.5. The quantitative estimate of drug-likeness (QED) is 0.620. The third-order valence-electron chi connectivity index (χ3n) is 4.11. The molecule has 0 aromatic rings. The predicted molar refractivity (Wildman–Crippen MR) is 75.8 cm³/mol. The van der Waals surface area contributed by atoms with Gasteiger partial charge in [-0.25, -0.2) is 4.79 Å². The molecule has 112 valence electrons. The maximum absolute atomic E-state index is 11.8. The minimum Gasteiger partial charge on any atom is -0.468 e. The molecule has 1 aliphatic carbocycles. The van der Waals surface area contributed by atoms with Crippen LogP contribution in [0.1, 0.15) is 52.4 Å². The molecule has 0 bridgehead atoms. The average molecular weight is 271 g/mol. The molecule has 4 nitrogen and oxygen atoms in total. The summed E-state index contributed by atoms with van der Waals surface area (Å²) < 4.78 is 10.6. The van der Waals surface area contributed by atoms with Crippen LogP contribution in [0.2, 0.25) is 0 Å². The van der Waals surface area contributed by atoms with E-state index in [1.807, 2.05) is 0 Å².